The zero-order chi connectivity index (χ0) is 25.1. The van der Waals surface area contributed by atoms with E-state index < -0.39 is 11.7 Å². The molecule has 0 spiro atoms. The third-order valence-corrected chi connectivity index (χ3v) is 6.41. The molecule has 35 heavy (non-hydrogen) atoms. The van der Waals surface area contributed by atoms with Gasteiger partial charge in [-0.1, -0.05) is 26.3 Å². The number of hydrogen-bond donors (Lipinski definition) is 6. The summed E-state index contributed by atoms with van der Waals surface area (Å²) in [4.78, 5) is 17.5. The minimum absolute atomic E-state index is 0.0183. The molecule has 2 aromatic carbocycles. The zero-order valence-corrected chi connectivity index (χ0v) is 19.9. The second-order valence-electron chi connectivity index (χ2n) is 8.84. The molecule has 9 heteroatoms. The fourth-order valence-electron chi connectivity index (χ4n) is 4.00. The predicted octanol–water partition coefficient (Wildman–Crippen LogP) is 4.78. The summed E-state index contributed by atoms with van der Waals surface area (Å²) < 4.78 is 14.5. The van der Waals surface area contributed by atoms with Gasteiger partial charge in [0.2, 0.25) is 0 Å². The van der Waals surface area contributed by atoms with E-state index in [1.807, 2.05) is 18.2 Å². The first-order valence-corrected chi connectivity index (χ1v) is 11.6. The molecule has 1 aliphatic rings. The lowest BCUT2D eigenvalue weighted by Crippen LogP contribution is -2.37. The van der Waals surface area contributed by atoms with Gasteiger partial charge < -0.3 is 31.5 Å². The van der Waals surface area contributed by atoms with E-state index in [1.54, 1.807) is 13.0 Å². The molecule has 0 unspecified atom stereocenters. The molecule has 3 aromatic rings. The number of nitrogens with one attached hydrogen (secondary N) is 4. The fourth-order valence-corrected chi connectivity index (χ4v) is 4.00. The smallest absolute Gasteiger partial charge is 0.261 e. The van der Waals surface area contributed by atoms with Crippen molar-refractivity contribution in [3.63, 3.8) is 0 Å². The Bertz CT molecular complexity index is 1250. The second kappa shape index (κ2) is 10.3. The molecular weight excluding hydrogens is 449 g/mol. The van der Waals surface area contributed by atoms with Gasteiger partial charge in [-0.25, -0.2) is 9.37 Å². The lowest BCUT2D eigenvalue weighted by atomic mass is 9.99. The third-order valence-electron chi connectivity index (χ3n) is 6.41. The molecule has 1 aromatic heterocycles. The number of nitrogens with zero attached hydrogens (tertiary/aromatic N) is 1. The number of phenolic OH excluding ortho intramolecular Hbond substituents is 1. The summed E-state index contributed by atoms with van der Waals surface area (Å²) in [5, 5.41) is 32.0. The molecule has 2 heterocycles. The highest BCUT2D eigenvalue weighted by molar-refractivity contribution is 6.15. The summed E-state index contributed by atoms with van der Waals surface area (Å²) in [6, 6.07) is 9.73. The number of aryl methyl sites for hydroxylation is 1. The van der Waals surface area contributed by atoms with Crippen LogP contribution in [0.25, 0.3) is 0 Å². The van der Waals surface area contributed by atoms with E-state index in [9.17, 15) is 19.4 Å². The van der Waals surface area contributed by atoms with Crippen LogP contribution >= 0.6 is 0 Å². The number of aliphatic hydroxyl groups is 1. The summed E-state index contributed by atoms with van der Waals surface area (Å²) >= 11 is 0. The number of rotatable bonds is 8. The maximum Gasteiger partial charge on any atom is 0.261 e. The quantitative estimate of drug-likeness (QED) is 0.275. The van der Waals surface area contributed by atoms with Crippen molar-refractivity contribution in [2.45, 2.75) is 39.8 Å². The van der Waals surface area contributed by atoms with Gasteiger partial charge in [-0.3, -0.25) is 4.79 Å². The van der Waals surface area contributed by atoms with E-state index in [1.165, 1.54) is 18.3 Å². The monoisotopic (exact) mass is 479 g/mol. The molecule has 0 saturated heterocycles. The molecule has 0 radical (unpaired) electrons. The number of aromatic hydroxyl groups is 1. The summed E-state index contributed by atoms with van der Waals surface area (Å²) in [6.45, 7) is 6.37. The molecule has 6 N–H and O–H groups in total. The Labute approximate surface area is 203 Å². The van der Waals surface area contributed by atoms with Crippen LogP contribution in [-0.4, -0.2) is 33.8 Å². The van der Waals surface area contributed by atoms with Crippen molar-refractivity contribution in [1.29, 1.82) is 0 Å². The number of phenols is 1. The first kappa shape index (κ1) is 24.4. The molecule has 4 rings (SSSR count). The predicted molar refractivity (Wildman–Crippen MR) is 135 cm³/mol. The standard InChI is InChI=1S/C26H30FN5O3/c1-4-14(2)22(13-33)29-12-16-5-6-18-21(10-16)32-26(35)24-19(7-8-28-25(24)31-18)30-20-11-23(34)15(3)9-17(20)27/h5-11,14,22,29,33-34H,4,12-13H2,1-3H3,(H,32,35)(H2,28,30,31)/t14-,22-/m1/s1. The minimum atomic E-state index is -0.549. The molecule has 184 valence electrons. The Morgan fingerprint density at radius 3 is 2.66 bits per heavy atom. The van der Waals surface area contributed by atoms with E-state index in [0.717, 1.165) is 12.0 Å². The van der Waals surface area contributed by atoms with Gasteiger partial charge in [-0.05, 0) is 48.2 Å². The van der Waals surface area contributed by atoms with Gasteiger partial charge in [0.1, 0.15) is 22.9 Å². The first-order chi connectivity index (χ1) is 16.8. The van der Waals surface area contributed by atoms with E-state index in [-0.39, 0.29) is 29.6 Å². The van der Waals surface area contributed by atoms with Gasteiger partial charge in [-0.2, -0.15) is 0 Å². The highest BCUT2D eigenvalue weighted by Gasteiger charge is 2.24. The average Bonchev–Trinajstić information content (AvgIpc) is 2.98. The third kappa shape index (κ3) is 5.21. The number of fused-ring (bicyclic) bond motifs is 2. The molecule has 8 nitrogen and oxygen atoms in total. The van der Waals surface area contributed by atoms with Gasteiger partial charge in [0.15, 0.2) is 0 Å². The number of amides is 1. The lowest BCUT2D eigenvalue weighted by Gasteiger charge is -2.22. The number of carbonyl (C=O) groups excluding carboxylic acids is 1. The van der Waals surface area contributed by atoms with Gasteiger partial charge in [0.25, 0.3) is 5.91 Å². The van der Waals surface area contributed by atoms with Crippen molar-refractivity contribution in [2.75, 3.05) is 22.6 Å². The van der Waals surface area contributed by atoms with Crippen LogP contribution in [0.1, 0.15) is 41.8 Å². The Hall–Kier alpha value is -3.69. The lowest BCUT2D eigenvalue weighted by molar-refractivity contribution is 0.102. The van der Waals surface area contributed by atoms with Gasteiger partial charge in [0, 0.05) is 24.8 Å². The van der Waals surface area contributed by atoms with E-state index >= 15 is 0 Å². The Morgan fingerprint density at radius 1 is 1.11 bits per heavy atom. The van der Waals surface area contributed by atoms with Crippen LogP contribution in [0.15, 0.2) is 42.6 Å². The molecular formula is C26H30FN5O3. The summed E-state index contributed by atoms with van der Waals surface area (Å²) in [6.07, 6.45) is 2.47. The van der Waals surface area contributed by atoms with Crippen LogP contribution in [0.5, 0.6) is 5.75 Å². The number of anilines is 5. The first-order valence-electron chi connectivity index (χ1n) is 11.6. The van der Waals surface area contributed by atoms with Crippen LogP contribution in [0.2, 0.25) is 0 Å². The van der Waals surface area contributed by atoms with Crippen molar-refractivity contribution in [1.82, 2.24) is 10.3 Å². The van der Waals surface area contributed by atoms with Crippen molar-refractivity contribution in [3.05, 3.63) is 65.1 Å². The van der Waals surface area contributed by atoms with Gasteiger partial charge in [-0.15, -0.1) is 0 Å². The van der Waals surface area contributed by atoms with Crippen molar-refractivity contribution in [2.24, 2.45) is 5.92 Å². The number of hydrogen-bond acceptors (Lipinski definition) is 7. The van der Waals surface area contributed by atoms with E-state index in [2.05, 4.69) is 40.1 Å². The number of pyridine rings is 1. The van der Waals surface area contributed by atoms with Crippen LogP contribution in [0.4, 0.5) is 33.0 Å². The summed E-state index contributed by atoms with van der Waals surface area (Å²) in [7, 11) is 0. The number of aromatic nitrogens is 1. The van der Waals surface area contributed by atoms with Crippen LogP contribution in [-0.2, 0) is 6.54 Å². The summed E-state index contributed by atoms with van der Waals surface area (Å²) in [5.41, 5.74) is 3.23. The van der Waals surface area contributed by atoms with Crippen LogP contribution in [0.3, 0.4) is 0 Å². The topological polar surface area (TPSA) is 119 Å². The Kier molecular flexibility index (Phi) is 7.18. The number of carbonyl (C=O) groups is 1. The van der Waals surface area contributed by atoms with Crippen molar-refractivity contribution < 1.29 is 19.4 Å². The number of benzene rings is 2. The second-order valence-corrected chi connectivity index (χ2v) is 8.84. The molecule has 2 atom stereocenters. The van der Waals surface area contributed by atoms with Gasteiger partial charge >= 0.3 is 0 Å². The average molecular weight is 480 g/mol. The number of halogens is 1. The zero-order valence-electron chi connectivity index (χ0n) is 19.9. The van der Waals surface area contributed by atoms with E-state index in [4.69, 9.17) is 0 Å². The molecule has 1 amide bonds. The van der Waals surface area contributed by atoms with Crippen molar-refractivity contribution >= 4 is 34.5 Å². The molecule has 1 aliphatic heterocycles. The minimum Gasteiger partial charge on any atom is -0.508 e. The molecule has 0 aliphatic carbocycles. The van der Waals surface area contributed by atoms with E-state index in [0.29, 0.717) is 40.9 Å². The van der Waals surface area contributed by atoms with Gasteiger partial charge in [0.05, 0.1) is 29.4 Å². The summed E-state index contributed by atoms with van der Waals surface area (Å²) in [5.74, 6) is -0.356. The Morgan fingerprint density at radius 2 is 1.91 bits per heavy atom. The Balaban J connectivity index is 1.59. The number of aliphatic hydroxyl groups excluding tert-OH is 1. The highest BCUT2D eigenvalue weighted by Crippen LogP contribution is 2.36. The highest BCUT2D eigenvalue weighted by atomic mass is 19.1. The SMILES string of the molecule is CC[C@@H](C)[C@@H](CO)NCc1ccc2c(c1)NC(=O)c1c(Nc3cc(O)c(C)cc3F)ccnc1N2. The maximum absolute atomic E-state index is 14.5. The normalized spacial score (nSPS) is 14.1. The van der Waals surface area contributed by atoms with Crippen LogP contribution in [0, 0.1) is 18.7 Å². The maximum atomic E-state index is 14.5. The fraction of sp³-hybridized carbons (Fsp3) is 0.308. The molecule has 0 bridgehead atoms. The molecule has 0 fully saturated rings. The largest absolute Gasteiger partial charge is 0.508 e. The van der Waals surface area contributed by atoms with Crippen LogP contribution < -0.4 is 21.3 Å². The molecule has 0 saturated carbocycles. The van der Waals surface area contributed by atoms with Crippen molar-refractivity contribution in [3.8, 4) is 5.75 Å².